The van der Waals surface area contributed by atoms with Gasteiger partial charge in [-0.3, -0.25) is 25.2 Å². The third-order valence-electron chi connectivity index (χ3n) is 2.37. The highest BCUT2D eigenvalue weighted by Crippen LogP contribution is 2.21. The number of ether oxygens (including phenoxy) is 2. The number of rotatable bonds is 5. The summed E-state index contributed by atoms with van der Waals surface area (Å²) in [4.78, 5) is 33.5. The first-order chi connectivity index (χ1) is 9.92. The predicted molar refractivity (Wildman–Crippen MR) is 77.3 cm³/mol. The van der Waals surface area contributed by atoms with E-state index in [1.54, 1.807) is 12.1 Å². The van der Waals surface area contributed by atoms with Gasteiger partial charge in [0.1, 0.15) is 12.2 Å². The number of esters is 1. The van der Waals surface area contributed by atoms with Crippen LogP contribution in [-0.2, 0) is 19.1 Å². The minimum Gasteiger partial charge on any atom is -0.483 e. The summed E-state index contributed by atoms with van der Waals surface area (Å²) in [5.41, 5.74) is 5.08. The molecule has 0 aliphatic carbocycles. The van der Waals surface area contributed by atoms with Crippen LogP contribution in [0.3, 0.4) is 0 Å². The Balaban J connectivity index is 2.34. The number of aryl methyl sites for hydroxylation is 1. The van der Waals surface area contributed by atoms with Gasteiger partial charge in [0.05, 0.1) is 7.11 Å². The summed E-state index contributed by atoms with van der Waals surface area (Å²) in [6.45, 7) is 1.58. The summed E-state index contributed by atoms with van der Waals surface area (Å²) in [6, 6.07) is 5.37. The molecule has 0 aromatic heterocycles. The molecular weight excluding hydrogens is 344 g/mol. The molecule has 0 saturated carbocycles. The number of halogens is 1. The Bertz CT molecular complexity index is 547. The second-order valence-electron chi connectivity index (χ2n) is 4.05. The van der Waals surface area contributed by atoms with Crippen molar-refractivity contribution in [3.8, 4) is 5.75 Å². The fourth-order valence-corrected chi connectivity index (χ4v) is 1.82. The summed E-state index contributed by atoms with van der Waals surface area (Å²) in [5.74, 6) is -1.34. The van der Waals surface area contributed by atoms with Crippen molar-refractivity contribution >= 4 is 33.7 Å². The molecule has 2 N–H and O–H groups in total. The zero-order chi connectivity index (χ0) is 15.8. The Hall–Kier alpha value is -2.09. The first kappa shape index (κ1) is 17.0. The van der Waals surface area contributed by atoms with Crippen molar-refractivity contribution in [2.75, 3.05) is 13.7 Å². The largest absolute Gasteiger partial charge is 0.483 e. The average molecular weight is 359 g/mol. The van der Waals surface area contributed by atoms with Crippen molar-refractivity contribution in [3.63, 3.8) is 0 Å². The molecule has 114 valence electrons. The minimum atomic E-state index is -0.691. The summed E-state index contributed by atoms with van der Waals surface area (Å²) in [7, 11) is 1.17. The third kappa shape index (κ3) is 6.26. The van der Waals surface area contributed by atoms with Gasteiger partial charge in [-0.15, -0.1) is 0 Å². The van der Waals surface area contributed by atoms with Gasteiger partial charge < -0.3 is 9.47 Å². The van der Waals surface area contributed by atoms with Crippen LogP contribution in [-0.4, -0.2) is 31.5 Å². The molecule has 1 aromatic carbocycles. The lowest BCUT2D eigenvalue weighted by Gasteiger charge is -2.10. The maximum absolute atomic E-state index is 11.5. The van der Waals surface area contributed by atoms with Crippen molar-refractivity contribution in [2.24, 2.45) is 0 Å². The average Bonchev–Trinajstić information content (AvgIpc) is 2.44. The van der Waals surface area contributed by atoms with Crippen LogP contribution in [0.1, 0.15) is 12.0 Å². The molecule has 0 spiro atoms. The van der Waals surface area contributed by atoms with E-state index in [1.807, 2.05) is 13.0 Å². The molecule has 0 heterocycles. The van der Waals surface area contributed by atoms with Crippen LogP contribution in [0.15, 0.2) is 22.7 Å². The lowest BCUT2D eigenvalue weighted by atomic mass is 10.2. The van der Waals surface area contributed by atoms with Gasteiger partial charge in [0, 0.05) is 4.47 Å². The maximum Gasteiger partial charge on any atom is 0.315 e. The monoisotopic (exact) mass is 358 g/mol. The van der Waals surface area contributed by atoms with Crippen LogP contribution in [0.4, 0.5) is 0 Å². The molecule has 7 nitrogen and oxygen atoms in total. The normalized spacial score (nSPS) is 9.67. The van der Waals surface area contributed by atoms with Crippen LogP contribution in [0.5, 0.6) is 5.75 Å². The van der Waals surface area contributed by atoms with Crippen LogP contribution >= 0.6 is 15.9 Å². The number of carbonyl (C=O) groups excluding carboxylic acids is 3. The van der Waals surface area contributed by atoms with Crippen molar-refractivity contribution < 1.29 is 23.9 Å². The maximum atomic E-state index is 11.5. The number of amides is 2. The van der Waals surface area contributed by atoms with Gasteiger partial charge >= 0.3 is 5.97 Å². The molecule has 0 unspecified atom stereocenters. The Labute approximate surface area is 130 Å². The zero-order valence-corrected chi connectivity index (χ0v) is 13.2. The fraction of sp³-hybridized carbons (Fsp3) is 0.308. The van der Waals surface area contributed by atoms with Crippen LogP contribution in [0.25, 0.3) is 0 Å². The number of carbonyl (C=O) groups is 3. The van der Waals surface area contributed by atoms with Crippen molar-refractivity contribution in [1.82, 2.24) is 10.9 Å². The number of methoxy groups -OCH3 is 1. The van der Waals surface area contributed by atoms with Crippen molar-refractivity contribution in [2.45, 2.75) is 13.3 Å². The molecule has 21 heavy (non-hydrogen) atoms. The second-order valence-corrected chi connectivity index (χ2v) is 4.96. The van der Waals surface area contributed by atoms with Crippen molar-refractivity contribution in [3.05, 3.63) is 28.2 Å². The van der Waals surface area contributed by atoms with Gasteiger partial charge in [-0.05, 0) is 30.7 Å². The highest BCUT2D eigenvalue weighted by atomic mass is 79.9. The van der Waals surface area contributed by atoms with E-state index in [1.165, 1.54) is 7.11 Å². The highest BCUT2D eigenvalue weighted by molar-refractivity contribution is 9.10. The summed E-state index contributed by atoms with van der Waals surface area (Å²) < 4.78 is 10.5. The van der Waals surface area contributed by atoms with E-state index < -0.39 is 24.2 Å². The summed E-state index contributed by atoms with van der Waals surface area (Å²) in [6.07, 6.45) is -0.469. The molecule has 0 atom stereocenters. The third-order valence-corrected chi connectivity index (χ3v) is 2.86. The molecule has 1 aromatic rings. The first-order valence-corrected chi connectivity index (χ1v) is 6.75. The lowest BCUT2D eigenvalue weighted by molar-refractivity contribution is -0.144. The number of benzene rings is 1. The molecule has 0 radical (unpaired) electrons. The number of hydrazine groups is 1. The predicted octanol–water partition coefficient (Wildman–Crippen LogP) is 0.847. The second kappa shape index (κ2) is 8.25. The van der Waals surface area contributed by atoms with Gasteiger partial charge in [-0.2, -0.15) is 0 Å². The van der Waals surface area contributed by atoms with E-state index in [9.17, 15) is 14.4 Å². The molecule has 2 amide bonds. The topological polar surface area (TPSA) is 93.7 Å². The molecule has 8 heteroatoms. The van der Waals surface area contributed by atoms with E-state index in [-0.39, 0.29) is 6.61 Å². The quantitative estimate of drug-likeness (QED) is 0.462. The summed E-state index contributed by atoms with van der Waals surface area (Å²) >= 11 is 3.32. The van der Waals surface area contributed by atoms with Gasteiger partial charge in [0.2, 0.25) is 5.91 Å². The van der Waals surface area contributed by atoms with Crippen LogP contribution in [0, 0.1) is 6.92 Å². The molecule has 0 bridgehead atoms. The molecule has 0 aliphatic heterocycles. The summed E-state index contributed by atoms with van der Waals surface area (Å²) in [5, 5.41) is 0. The van der Waals surface area contributed by atoms with E-state index >= 15 is 0 Å². The first-order valence-electron chi connectivity index (χ1n) is 5.96. The highest BCUT2D eigenvalue weighted by Gasteiger charge is 2.10. The lowest BCUT2D eigenvalue weighted by Crippen LogP contribution is -2.44. The van der Waals surface area contributed by atoms with Crippen LogP contribution < -0.4 is 15.6 Å². The van der Waals surface area contributed by atoms with E-state index in [2.05, 4.69) is 31.5 Å². The number of hydrogen-bond acceptors (Lipinski definition) is 5. The number of hydrogen-bond donors (Lipinski definition) is 2. The molecular formula is C13H15BrN2O5. The molecule has 0 aliphatic rings. The van der Waals surface area contributed by atoms with E-state index in [0.717, 1.165) is 10.0 Å². The molecule has 0 fully saturated rings. The Morgan fingerprint density at radius 3 is 2.48 bits per heavy atom. The fourth-order valence-electron chi connectivity index (χ4n) is 1.34. The Morgan fingerprint density at radius 2 is 1.86 bits per heavy atom. The van der Waals surface area contributed by atoms with Gasteiger partial charge in [0.25, 0.3) is 5.91 Å². The standard InChI is InChI=1S/C13H15BrN2O5/c1-8-5-9(14)3-4-10(8)21-7-12(18)16-15-11(17)6-13(19)20-2/h3-5H,6-7H2,1-2H3,(H,15,17)(H,16,18). The van der Waals surface area contributed by atoms with E-state index in [4.69, 9.17) is 4.74 Å². The Morgan fingerprint density at radius 1 is 1.19 bits per heavy atom. The SMILES string of the molecule is COC(=O)CC(=O)NNC(=O)COc1ccc(Br)cc1C. The molecule has 0 saturated heterocycles. The van der Waals surface area contributed by atoms with Gasteiger partial charge in [-0.25, -0.2) is 0 Å². The van der Waals surface area contributed by atoms with E-state index in [0.29, 0.717) is 5.75 Å². The van der Waals surface area contributed by atoms with Crippen LogP contribution in [0.2, 0.25) is 0 Å². The smallest absolute Gasteiger partial charge is 0.315 e. The molecule has 1 rings (SSSR count). The minimum absolute atomic E-state index is 0.263. The van der Waals surface area contributed by atoms with Gasteiger partial charge in [-0.1, -0.05) is 15.9 Å². The zero-order valence-electron chi connectivity index (χ0n) is 11.6. The Kier molecular flexibility index (Phi) is 6.67. The van der Waals surface area contributed by atoms with Gasteiger partial charge in [0.15, 0.2) is 6.61 Å². The number of nitrogens with one attached hydrogen (secondary N) is 2. The van der Waals surface area contributed by atoms with Crippen molar-refractivity contribution in [1.29, 1.82) is 0 Å².